The highest BCUT2D eigenvalue weighted by atomic mass is 16.5. The first-order valence-electron chi connectivity index (χ1n) is 9.78. The number of nitrogens with one attached hydrogen (secondary N) is 1. The van der Waals surface area contributed by atoms with E-state index in [4.69, 9.17) is 9.72 Å². The summed E-state index contributed by atoms with van der Waals surface area (Å²) in [5.41, 5.74) is 3.81. The highest BCUT2D eigenvalue weighted by Crippen LogP contribution is 2.26. The Morgan fingerprint density at radius 3 is 2.67 bits per heavy atom. The summed E-state index contributed by atoms with van der Waals surface area (Å²) < 4.78 is 5.61. The van der Waals surface area contributed by atoms with Gasteiger partial charge in [-0.25, -0.2) is 9.97 Å². The van der Waals surface area contributed by atoms with Crippen molar-refractivity contribution in [3.05, 3.63) is 73.2 Å². The molecule has 0 atom stereocenters. The van der Waals surface area contributed by atoms with Crippen molar-refractivity contribution >= 4 is 16.8 Å². The van der Waals surface area contributed by atoms with Crippen LogP contribution in [0.2, 0.25) is 0 Å². The van der Waals surface area contributed by atoms with E-state index in [2.05, 4.69) is 21.4 Å². The van der Waals surface area contributed by atoms with Crippen molar-refractivity contribution in [1.82, 2.24) is 20.3 Å². The molecule has 1 amide bonds. The number of carbonyl (C=O) groups excluding carboxylic acids is 1. The van der Waals surface area contributed by atoms with Gasteiger partial charge in [0.2, 0.25) is 0 Å². The summed E-state index contributed by atoms with van der Waals surface area (Å²) in [6, 6.07) is 17.5. The van der Waals surface area contributed by atoms with E-state index in [1.807, 2.05) is 74.8 Å². The Balaban J connectivity index is 1.55. The number of hydrogen-bond acceptors (Lipinski definition) is 5. The van der Waals surface area contributed by atoms with Crippen LogP contribution in [0.3, 0.4) is 0 Å². The van der Waals surface area contributed by atoms with Gasteiger partial charge in [-0.05, 0) is 49.7 Å². The normalized spacial score (nSPS) is 10.9. The molecule has 0 unspecified atom stereocenters. The van der Waals surface area contributed by atoms with Crippen LogP contribution < -0.4 is 10.1 Å². The fourth-order valence-electron chi connectivity index (χ4n) is 3.12. The van der Waals surface area contributed by atoms with Crippen LogP contribution in [0.15, 0.2) is 73.2 Å². The van der Waals surface area contributed by atoms with Crippen LogP contribution in [0.25, 0.3) is 33.4 Å². The lowest BCUT2D eigenvalue weighted by atomic mass is 10.1. The Kier molecular flexibility index (Phi) is 5.66. The summed E-state index contributed by atoms with van der Waals surface area (Å²) in [6.07, 6.45) is 5.42. The fraction of sp³-hybridized carbons (Fsp3) is 0.167. The predicted octanol–water partition coefficient (Wildman–Crippen LogP) is 4.26. The molecule has 0 aliphatic carbocycles. The van der Waals surface area contributed by atoms with Crippen molar-refractivity contribution in [3.63, 3.8) is 0 Å². The molecule has 0 saturated heterocycles. The van der Waals surface area contributed by atoms with Gasteiger partial charge in [0.15, 0.2) is 12.4 Å². The maximum absolute atomic E-state index is 11.8. The molecule has 1 N–H and O–H groups in total. The topological polar surface area (TPSA) is 77.0 Å². The van der Waals surface area contributed by atoms with Crippen molar-refractivity contribution in [1.29, 1.82) is 0 Å². The van der Waals surface area contributed by atoms with Gasteiger partial charge < -0.3 is 10.1 Å². The molecule has 150 valence electrons. The zero-order valence-corrected chi connectivity index (χ0v) is 16.9. The maximum Gasteiger partial charge on any atom is 0.258 e. The monoisotopic (exact) mass is 398 g/mol. The van der Waals surface area contributed by atoms with Gasteiger partial charge in [0.05, 0.1) is 5.52 Å². The van der Waals surface area contributed by atoms with E-state index in [9.17, 15) is 4.79 Å². The molecule has 0 saturated carbocycles. The molecule has 30 heavy (non-hydrogen) atoms. The van der Waals surface area contributed by atoms with Gasteiger partial charge in [-0.2, -0.15) is 0 Å². The summed E-state index contributed by atoms with van der Waals surface area (Å²) >= 11 is 0. The molecule has 0 bridgehead atoms. The van der Waals surface area contributed by atoms with Crippen LogP contribution in [0, 0.1) is 0 Å². The Morgan fingerprint density at radius 2 is 1.87 bits per heavy atom. The molecule has 2 aromatic carbocycles. The van der Waals surface area contributed by atoms with Crippen LogP contribution in [0.5, 0.6) is 5.75 Å². The van der Waals surface area contributed by atoms with E-state index in [1.165, 1.54) is 0 Å². The summed E-state index contributed by atoms with van der Waals surface area (Å²) in [5.74, 6) is 1.05. The van der Waals surface area contributed by atoms with Crippen molar-refractivity contribution in [2.75, 3.05) is 6.61 Å². The van der Waals surface area contributed by atoms with Crippen LogP contribution in [0.1, 0.15) is 13.8 Å². The first-order valence-corrected chi connectivity index (χ1v) is 9.78. The minimum absolute atomic E-state index is 0.0304. The third-order valence-corrected chi connectivity index (χ3v) is 4.49. The summed E-state index contributed by atoms with van der Waals surface area (Å²) in [4.78, 5) is 25.2. The average molecular weight is 398 g/mol. The van der Waals surface area contributed by atoms with E-state index in [1.54, 1.807) is 6.20 Å². The second-order valence-corrected chi connectivity index (χ2v) is 7.25. The first kappa shape index (κ1) is 19.5. The fourth-order valence-corrected chi connectivity index (χ4v) is 3.12. The maximum atomic E-state index is 11.8. The zero-order chi connectivity index (χ0) is 20.9. The molecule has 0 radical (unpaired) electrons. The number of aromatic nitrogens is 3. The zero-order valence-electron chi connectivity index (χ0n) is 16.9. The highest BCUT2D eigenvalue weighted by molar-refractivity contribution is 5.85. The number of carbonyl (C=O) groups is 1. The Morgan fingerprint density at radius 1 is 1.00 bits per heavy atom. The molecule has 0 aliphatic heterocycles. The minimum Gasteiger partial charge on any atom is -0.484 e. The molecule has 0 spiro atoms. The van der Waals surface area contributed by atoms with Crippen molar-refractivity contribution in [2.24, 2.45) is 0 Å². The number of pyridine rings is 1. The Labute approximate surface area is 175 Å². The van der Waals surface area contributed by atoms with Crippen LogP contribution in [0.4, 0.5) is 0 Å². The lowest BCUT2D eigenvalue weighted by Gasteiger charge is -2.10. The van der Waals surface area contributed by atoms with E-state index in [0.29, 0.717) is 11.6 Å². The minimum atomic E-state index is -0.151. The van der Waals surface area contributed by atoms with Gasteiger partial charge in [-0.15, -0.1) is 0 Å². The van der Waals surface area contributed by atoms with Crippen LogP contribution in [-0.2, 0) is 4.79 Å². The second-order valence-electron chi connectivity index (χ2n) is 7.25. The smallest absolute Gasteiger partial charge is 0.258 e. The van der Waals surface area contributed by atoms with Gasteiger partial charge in [0.25, 0.3) is 5.91 Å². The number of benzene rings is 2. The molecule has 4 rings (SSSR count). The molecule has 0 fully saturated rings. The lowest BCUT2D eigenvalue weighted by Crippen LogP contribution is -2.34. The second kappa shape index (κ2) is 8.69. The third kappa shape index (κ3) is 4.60. The largest absolute Gasteiger partial charge is 0.484 e. The van der Waals surface area contributed by atoms with E-state index in [0.717, 1.165) is 27.6 Å². The van der Waals surface area contributed by atoms with Gasteiger partial charge in [-0.1, -0.05) is 24.3 Å². The van der Waals surface area contributed by atoms with E-state index < -0.39 is 0 Å². The molecule has 6 heteroatoms. The molecular formula is C24H22N4O2. The van der Waals surface area contributed by atoms with Crippen LogP contribution in [-0.4, -0.2) is 33.5 Å². The quantitative estimate of drug-likeness (QED) is 0.525. The third-order valence-electron chi connectivity index (χ3n) is 4.49. The summed E-state index contributed by atoms with van der Waals surface area (Å²) in [5, 5.41) is 3.76. The number of ether oxygens (including phenoxy) is 1. The van der Waals surface area contributed by atoms with Gasteiger partial charge in [0, 0.05) is 41.1 Å². The van der Waals surface area contributed by atoms with Gasteiger partial charge >= 0.3 is 0 Å². The number of rotatable bonds is 6. The van der Waals surface area contributed by atoms with Crippen LogP contribution >= 0.6 is 0 Å². The van der Waals surface area contributed by atoms with E-state index >= 15 is 0 Å². The molecule has 6 nitrogen and oxygen atoms in total. The summed E-state index contributed by atoms with van der Waals surface area (Å²) in [6.45, 7) is 3.79. The lowest BCUT2D eigenvalue weighted by molar-refractivity contribution is -0.123. The molecular weight excluding hydrogens is 376 g/mol. The number of amides is 1. The number of nitrogens with zero attached hydrogens (tertiary/aromatic N) is 3. The van der Waals surface area contributed by atoms with Crippen molar-refractivity contribution in [3.8, 4) is 28.3 Å². The Bertz CT molecular complexity index is 1180. The molecule has 2 aromatic heterocycles. The van der Waals surface area contributed by atoms with E-state index in [-0.39, 0.29) is 18.6 Å². The molecule has 4 aromatic rings. The average Bonchev–Trinajstić information content (AvgIpc) is 2.77. The van der Waals surface area contributed by atoms with Crippen molar-refractivity contribution < 1.29 is 9.53 Å². The highest BCUT2D eigenvalue weighted by Gasteiger charge is 2.08. The first-order chi connectivity index (χ1) is 14.6. The SMILES string of the molecule is CC(C)NC(=O)COc1cccc(-c2ncc3cc(-c4cccnc4)ccc3n2)c1. The van der Waals surface area contributed by atoms with Gasteiger partial charge in [-0.3, -0.25) is 9.78 Å². The molecule has 2 heterocycles. The summed E-state index contributed by atoms with van der Waals surface area (Å²) in [7, 11) is 0. The number of fused-ring (bicyclic) bond motifs is 1. The standard InChI is InChI=1S/C24H22N4O2/c1-16(2)27-23(29)15-30-21-7-3-5-18(12-21)24-26-14-20-11-17(8-9-22(20)28-24)19-6-4-10-25-13-19/h3-14,16H,15H2,1-2H3,(H,27,29). The predicted molar refractivity (Wildman–Crippen MR) is 117 cm³/mol. The van der Waals surface area contributed by atoms with Crippen molar-refractivity contribution in [2.45, 2.75) is 19.9 Å². The Hall–Kier alpha value is -3.80. The van der Waals surface area contributed by atoms with Gasteiger partial charge in [0.1, 0.15) is 5.75 Å². The molecule has 0 aliphatic rings. The number of hydrogen-bond donors (Lipinski definition) is 1.